The van der Waals surface area contributed by atoms with Gasteiger partial charge in [-0.25, -0.2) is 0 Å². The van der Waals surface area contributed by atoms with Gasteiger partial charge in [0, 0.05) is 24.5 Å². The zero-order chi connectivity index (χ0) is 19.3. The molecule has 0 unspecified atom stereocenters. The van der Waals surface area contributed by atoms with Gasteiger partial charge < -0.3 is 15.0 Å². The van der Waals surface area contributed by atoms with Crippen LogP contribution in [-0.2, 0) is 10.2 Å². The summed E-state index contributed by atoms with van der Waals surface area (Å²) >= 11 is 0. The van der Waals surface area contributed by atoms with Crippen molar-refractivity contribution in [1.29, 1.82) is 0 Å². The van der Waals surface area contributed by atoms with Crippen LogP contribution in [-0.4, -0.2) is 26.1 Å². The summed E-state index contributed by atoms with van der Waals surface area (Å²) in [5.41, 5.74) is 3.41. The summed E-state index contributed by atoms with van der Waals surface area (Å²) < 4.78 is 5.20. The number of carbonyl (C=O) groups is 1. The number of nitrogens with zero attached hydrogens (tertiary/aromatic N) is 1. The number of hydrogen-bond acceptors (Lipinski definition) is 3. The maximum absolute atomic E-state index is 12.9. The number of methoxy groups -OCH3 is 1. The van der Waals surface area contributed by atoms with Crippen molar-refractivity contribution in [3.05, 3.63) is 53.6 Å². The summed E-state index contributed by atoms with van der Waals surface area (Å²) in [6.45, 7) is 12.1. The molecule has 2 aromatic carbocycles. The molecule has 0 saturated carbocycles. The van der Waals surface area contributed by atoms with E-state index in [1.807, 2.05) is 51.1 Å². The second-order valence-corrected chi connectivity index (χ2v) is 6.98. The molecule has 2 aromatic rings. The maximum atomic E-state index is 12.9. The van der Waals surface area contributed by atoms with E-state index in [1.54, 1.807) is 7.11 Å². The molecule has 0 aromatic heterocycles. The number of benzene rings is 2. The van der Waals surface area contributed by atoms with E-state index in [0.717, 1.165) is 35.7 Å². The third kappa shape index (κ3) is 4.18. The van der Waals surface area contributed by atoms with Gasteiger partial charge in [0.15, 0.2) is 0 Å². The fraction of sp³-hybridized carbons (Fsp3) is 0.409. The molecule has 1 N–H and O–H groups in total. The zero-order valence-electron chi connectivity index (χ0n) is 16.7. The highest BCUT2D eigenvalue weighted by atomic mass is 16.5. The Morgan fingerprint density at radius 2 is 1.69 bits per heavy atom. The quantitative estimate of drug-likeness (QED) is 0.779. The Labute approximate surface area is 157 Å². The molecule has 0 aliphatic carbocycles. The fourth-order valence-electron chi connectivity index (χ4n) is 2.99. The normalized spacial score (nSPS) is 11.2. The van der Waals surface area contributed by atoms with Crippen molar-refractivity contribution in [2.45, 2.75) is 40.0 Å². The van der Waals surface area contributed by atoms with Crippen molar-refractivity contribution in [2.24, 2.45) is 0 Å². The summed E-state index contributed by atoms with van der Waals surface area (Å²) in [4.78, 5) is 15.2. The lowest BCUT2D eigenvalue weighted by atomic mass is 9.83. The highest BCUT2D eigenvalue weighted by Gasteiger charge is 2.30. The number of nitrogens with one attached hydrogen (secondary N) is 1. The lowest BCUT2D eigenvalue weighted by Crippen LogP contribution is -2.35. The Hall–Kier alpha value is -2.49. The van der Waals surface area contributed by atoms with E-state index in [2.05, 4.69) is 36.2 Å². The van der Waals surface area contributed by atoms with Gasteiger partial charge in [-0.3, -0.25) is 4.79 Å². The van der Waals surface area contributed by atoms with Gasteiger partial charge in [0.05, 0.1) is 12.5 Å². The molecular formula is C22H30N2O2. The van der Waals surface area contributed by atoms with Gasteiger partial charge >= 0.3 is 0 Å². The molecule has 0 aliphatic rings. The number of hydrogen-bond donors (Lipinski definition) is 1. The monoisotopic (exact) mass is 354 g/mol. The van der Waals surface area contributed by atoms with Crippen LogP contribution in [0.25, 0.3) is 0 Å². The van der Waals surface area contributed by atoms with Crippen LogP contribution in [0.2, 0.25) is 0 Å². The molecule has 0 radical (unpaired) electrons. The second kappa shape index (κ2) is 8.26. The first kappa shape index (κ1) is 19.8. The molecule has 26 heavy (non-hydrogen) atoms. The van der Waals surface area contributed by atoms with Crippen molar-refractivity contribution in [1.82, 2.24) is 0 Å². The van der Waals surface area contributed by atoms with Crippen LogP contribution >= 0.6 is 0 Å². The smallest absolute Gasteiger partial charge is 0.234 e. The molecule has 1 amide bonds. The predicted octanol–water partition coefficient (Wildman–Crippen LogP) is 4.77. The maximum Gasteiger partial charge on any atom is 0.234 e. The van der Waals surface area contributed by atoms with E-state index < -0.39 is 5.41 Å². The standard InChI is InChI=1S/C22H30N2O2/c1-7-24(8-2)18-11-14-20(16(3)15-18)23-21(25)22(4,5)17-9-12-19(26-6)13-10-17/h9-15H,7-8H2,1-6H3,(H,23,25). The van der Waals surface area contributed by atoms with Crippen molar-refractivity contribution in [2.75, 3.05) is 30.4 Å². The molecule has 0 saturated heterocycles. The lowest BCUT2D eigenvalue weighted by Gasteiger charge is -2.26. The van der Waals surface area contributed by atoms with E-state index in [0.29, 0.717) is 0 Å². The number of ether oxygens (including phenoxy) is 1. The summed E-state index contributed by atoms with van der Waals surface area (Å²) in [7, 11) is 1.64. The molecule has 0 bridgehead atoms. The van der Waals surface area contributed by atoms with Gasteiger partial charge in [0.25, 0.3) is 0 Å². The number of carbonyl (C=O) groups excluding carboxylic acids is 1. The highest BCUT2D eigenvalue weighted by Crippen LogP contribution is 2.29. The Balaban J connectivity index is 2.19. The number of amides is 1. The highest BCUT2D eigenvalue weighted by molar-refractivity contribution is 5.99. The fourth-order valence-corrected chi connectivity index (χ4v) is 2.99. The minimum absolute atomic E-state index is 0.0265. The van der Waals surface area contributed by atoms with Crippen LogP contribution in [0.4, 0.5) is 11.4 Å². The van der Waals surface area contributed by atoms with Gasteiger partial charge in [-0.2, -0.15) is 0 Å². The molecule has 4 heteroatoms. The minimum atomic E-state index is -0.643. The molecule has 0 fully saturated rings. The number of anilines is 2. The Kier molecular flexibility index (Phi) is 6.30. The summed E-state index contributed by atoms with van der Waals surface area (Å²) in [5.74, 6) is 0.758. The SMILES string of the molecule is CCN(CC)c1ccc(NC(=O)C(C)(C)c2ccc(OC)cc2)c(C)c1. The Morgan fingerprint density at radius 1 is 1.08 bits per heavy atom. The first-order valence-electron chi connectivity index (χ1n) is 9.15. The average Bonchev–Trinajstić information content (AvgIpc) is 2.64. The summed E-state index contributed by atoms with van der Waals surface area (Å²) in [5, 5.41) is 3.09. The van der Waals surface area contributed by atoms with Crippen LogP contribution in [0.15, 0.2) is 42.5 Å². The van der Waals surface area contributed by atoms with Crippen molar-refractivity contribution >= 4 is 17.3 Å². The minimum Gasteiger partial charge on any atom is -0.497 e. The van der Waals surface area contributed by atoms with Gasteiger partial charge in [0.2, 0.25) is 5.91 Å². The molecule has 0 atom stereocenters. The number of rotatable bonds is 7. The van der Waals surface area contributed by atoms with Crippen molar-refractivity contribution < 1.29 is 9.53 Å². The molecule has 140 valence electrons. The van der Waals surface area contributed by atoms with Crippen LogP contribution < -0.4 is 15.0 Å². The first-order chi connectivity index (χ1) is 12.3. The lowest BCUT2D eigenvalue weighted by molar-refractivity contribution is -0.120. The van der Waals surface area contributed by atoms with E-state index in [4.69, 9.17) is 4.74 Å². The molecule has 0 spiro atoms. The number of aryl methyl sites for hydroxylation is 1. The van der Waals surface area contributed by atoms with Crippen molar-refractivity contribution in [3.8, 4) is 5.75 Å². The van der Waals surface area contributed by atoms with Crippen LogP contribution in [0, 0.1) is 6.92 Å². The largest absolute Gasteiger partial charge is 0.497 e. The zero-order valence-corrected chi connectivity index (χ0v) is 16.7. The summed E-state index contributed by atoms with van der Waals surface area (Å²) in [6.07, 6.45) is 0. The van der Waals surface area contributed by atoms with Gasteiger partial charge in [0.1, 0.15) is 5.75 Å². The van der Waals surface area contributed by atoms with E-state index in [1.165, 1.54) is 5.69 Å². The Bertz CT molecular complexity index is 747. The van der Waals surface area contributed by atoms with Crippen LogP contribution in [0.1, 0.15) is 38.8 Å². The van der Waals surface area contributed by atoms with Crippen LogP contribution in [0.3, 0.4) is 0 Å². The second-order valence-electron chi connectivity index (χ2n) is 6.98. The van der Waals surface area contributed by atoms with E-state index >= 15 is 0 Å². The van der Waals surface area contributed by atoms with Crippen molar-refractivity contribution in [3.63, 3.8) is 0 Å². The predicted molar refractivity (Wildman–Crippen MR) is 109 cm³/mol. The molecule has 2 rings (SSSR count). The molecule has 4 nitrogen and oxygen atoms in total. The molecule has 0 heterocycles. The molecular weight excluding hydrogens is 324 g/mol. The topological polar surface area (TPSA) is 41.6 Å². The van der Waals surface area contributed by atoms with Gasteiger partial charge in [-0.05, 0) is 76.1 Å². The third-order valence-electron chi connectivity index (χ3n) is 4.97. The van der Waals surface area contributed by atoms with Gasteiger partial charge in [-0.15, -0.1) is 0 Å². The van der Waals surface area contributed by atoms with Crippen LogP contribution in [0.5, 0.6) is 5.75 Å². The average molecular weight is 354 g/mol. The summed E-state index contributed by atoms with van der Waals surface area (Å²) in [6, 6.07) is 13.8. The molecule has 0 aliphatic heterocycles. The van der Waals surface area contributed by atoms with E-state index in [9.17, 15) is 4.79 Å². The van der Waals surface area contributed by atoms with E-state index in [-0.39, 0.29) is 5.91 Å². The first-order valence-corrected chi connectivity index (χ1v) is 9.15. The third-order valence-corrected chi connectivity index (χ3v) is 4.97. The van der Waals surface area contributed by atoms with Gasteiger partial charge in [-0.1, -0.05) is 12.1 Å². The Morgan fingerprint density at radius 3 is 2.19 bits per heavy atom.